The highest BCUT2D eigenvalue weighted by Crippen LogP contribution is 2.30. The minimum absolute atomic E-state index is 0.0169. The Morgan fingerprint density at radius 1 is 1.11 bits per heavy atom. The maximum absolute atomic E-state index is 12.6. The maximum Gasteiger partial charge on any atom is 0.240 e. The second-order valence-corrected chi connectivity index (χ2v) is 10.3. The first-order valence-corrected chi connectivity index (χ1v) is 11.9. The third kappa shape index (κ3) is 4.60. The second kappa shape index (κ2) is 8.28. The van der Waals surface area contributed by atoms with Gasteiger partial charge in [-0.05, 0) is 24.8 Å². The van der Waals surface area contributed by atoms with E-state index in [-0.39, 0.29) is 18.2 Å². The Labute approximate surface area is 169 Å². The van der Waals surface area contributed by atoms with E-state index < -0.39 is 10.0 Å². The van der Waals surface area contributed by atoms with Gasteiger partial charge in [-0.1, -0.05) is 30.3 Å². The zero-order chi connectivity index (χ0) is 19.6. The second-order valence-electron chi connectivity index (χ2n) is 7.21. The number of thiazole rings is 1. The Morgan fingerprint density at radius 3 is 2.57 bits per heavy atom. The van der Waals surface area contributed by atoms with Crippen LogP contribution in [0.5, 0.6) is 0 Å². The largest absolute Gasteiger partial charge is 0.301 e. The molecular formula is C19H24N4O3S2. The van der Waals surface area contributed by atoms with Crippen molar-refractivity contribution in [2.24, 2.45) is 0 Å². The van der Waals surface area contributed by atoms with Gasteiger partial charge in [0.2, 0.25) is 15.9 Å². The van der Waals surface area contributed by atoms with Crippen molar-refractivity contribution in [3.05, 3.63) is 46.5 Å². The molecule has 0 saturated carbocycles. The van der Waals surface area contributed by atoms with E-state index in [0.29, 0.717) is 31.3 Å². The van der Waals surface area contributed by atoms with Crippen molar-refractivity contribution in [3.8, 4) is 0 Å². The molecule has 1 saturated heterocycles. The summed E-state index contributed by atoms with van der Waals surface area (Å²) in [6, 6.07) is 9.22. The van der Waals surface area contributed by atoms with Crippen LogP contribution < -0.4 is 5.32 Å². The van der Waals surface area contributed by atoms with Gasteiger partial charge < -0.3 is 5.32 Å². The molecule has 0 radical (unpaired) electrons. The number of anilines is 1. The predicted octanol–water partition coefficient (Wildman–Crippen LogP) is 1.72. The topological polar surface area (TPSA) is 82.6 Å². The molecule has 28 heavy (non-hydrogen) atoms. The van der Waals surface area contributed by atoms with Gasteiger partial charge in [-0.15, -0.1) is 11.3 Å². The average molecular weight is 421 g/mol. The molecule has 150 valence electrons. The Kier molecular flexibility index (Phi) is 5.77. The molecule has 1 aliphatic carbocycles. The Morgan fingerprint density at radius 2 is 1.86 bits per heavy atom. The fourth-order valence-corrected chi connectivity index (χ4v) is 6.23. The Bertz CT molecular complexity index is 914. The van der Waals surface area contributed by atoms with Crippen molar-refractivity contribution in [3.63, 3.8) is 0 Å². The number of carbonyl (C=O) groups excluding carboxylic acids is 1. The van der Waals surface area contributed by atoms with Crippen LogP contribution in [0.2, 0.25) is 0 Å². The van der Waals surface area contributed by atoms with Gasteiger partial charge >= 0.3 is 0 Å². The number of carbonyl (C=O) groups is 1. The van der Waals surface area contributed by atoms with Crippen LogP contribution in [0.1, 0.15) is 22.6 Å². The van der Waals surface area contributed by atoms with Gasteiger partial charge in [0.25, 0.3) is 0 Å². The zero-order valence-electron chi connectivity index (χ0n) is 15.6. The summed E-state index contributed by atoms with van der Waals surface area (Å²) in [5, 5.41) is 3.57. The van der Waals surface area contributed by atoms with Crippen LogP contribution in [-0.2, 0) is 33.4 Å². The van der Waals surface area contributed by atoms with Crippen LogP contribution in [0, 0.1) is 0 Å². The summed E-state index contributed by atoms with van der Waals surface area (Å²) < 4.78 is 26.8. The van der Waals surface area contributed by atoms with E-state index in [1.165, 1.54) is 9.18 Å². The van der Waals surface area contributed by atoms with Crippen LogP contribution in [0.15, 0.2) is 30.3 Å². The smallest absolute Gasteiger partial charge is 0.240 e. The summed E-state index contributed by atoms with van der Waals surface area (Å²) in [5.74, 6) is -0.0729. The highest BCUT2D eigenvalue weighted by Gasteiger charge is 2.28. The third-order valence-electron chi connectivity index (χ3n) is 5.13. The van der Waals surface area contributed by atoms with Crippen LogP contribution >= 0.6 is 11.3 Å². The summed E-state index contributed by atoms with van der Waals surface area (Å²) in [4.78, 5) is 20.1. The molecule has 1 amide bonds. The van der Waals surface area contributed by atoms with Gasteiger partial charge in [0.15, 0.2) is 5.13 Å². The first-order chi connectivity index (χ1) is 13.5. The quantitative estimate of drug-likeness (QED) is 0.769. The van der Waals surface area contributed by atoms with Gasteiger partial charge in [-0.2, -0.15) is 4.31 Å². The van der Waals surface area contributed by atoms with E-state index in [4.69, 9.17) is 0 Å². The van der Waals surface area contributed by atoms with Crippen LogP contribution in [0.4, 0.5) is 5.13 Å². The number of rotatable bonds is 6. The first-order valence-electron chi connectivity index (χ1n) is 9.52. The number of amides is 1. The highest BCUT2D eigenvalue weighted by molar-refractivity contribution is 7.88. The molecule has 1 fully saturated rings. The van der Waals surface area contributed by atoms with E-state index in [1.807, 2.05) is 35.2 Å². The van der Waals surface area contributed by atoms with Crippen LogP contribution in [0.3, 0.4) is 0 Å². The number of sulfonamides is 1. The number of benzene rings is 1. The number of fused-ring (bicyclic) bond motifs is 1. The molecule has 7 nitrogen and oxygen atoms in total. The maximum atomic E-state index is 12.6. The number of nitrogens with one attached hydrogen (secondary N) is 1. The van der Waals surface area contributed by atoms with E-state index in [2.05, 4.69) is 10.3 Å². The lowest BCUT2D eigenvalue weighted by molar-refractivity contribution is -0.117. The molecule has 9 heteroatoms. The number of aromatic nitrogens is 1. The average Bonchev–Trinajstić information content (AvgIpc) is 3.24. The highest BCUT2D eigenvalue weighted by atomic mass is 32.2. The standard InChI is InChI=1S/C19H24N4O3S2/c24-18(21-19-20-16-7-4-8-17(16)27-19)13-22-9-11-23(12-10-22)28(25,26)14-15-5-2-1-3-6-15/h1-3,5-6H,4,7-14H2,(H,20,21,24). The van der Waals surface area contributed by atoms with Gasteiger partial charge in [-0.3, -0.25) is 9.69 Å². The van der Waals surface area contributed by atoms with Gasteiger partial charge in [0.05, 0.1) is 18.0 Å². The van der Waals surface area contributed by atoms with Gasteiger partial charge in [-0.25, -0.2) is 13.4 Å². The Balaban J connectivity index is 1.26. The molecule has 2 aliphatic rings. The van der Waals surface area contributed by atoms with Crippen LogP contribution in [0.25, 0.3) is 0 Å². The number of aryl methyl sites for hydroxylation is 2. The van der Waals surface area contributed by atoms with Crippen molar-refractivity contribution >= 4 is 32.4 Å². The summed E-state index contributed by atoms with van der Waals surface area (Å²) in [6.07, 6.45) is 3.21. The SMILES string of the molecule is O=C(CN1CCN(S(=O)(=O)Cc2ccccc2)CC1)Nc1nc2c(s1)CCC2. The molecule has 2 aromatic rings. The summed E-state index contributed by atoms with van der Waals surface area (Å²) in [7, 11) is -3.34. The van der Waals surface area contributed by atoms with Crippen molar-refractivity contribution in [2.45, 2.75) is 25.0 Å². The van der Waals surface area contributed by atoms with Crippen molar-refractivity contribution < 1.29 is 13.2 Å². The minimum atomic E-state index is -3.34. The normalized spacial score (nSPS) is 18.1. The van der Waals surface area contributed by atoms with E-state index in [9.17, 15) is 13.2 Å². The number of hydrogen-bond acceptors (Lipinski definition) is 6. The summed E-state index contributed by atoms with van der Waals surface area (Å²) in [6.45, 7) is 2.18. The molecule has 0 unspecified atom stereocenters. The van der Waals surface area contributed by atoms with Crippen molar-refractivity contribution in [1.82, 2.24) is 14.2 Å². The Hall–Kier alpha value is -1.81. The fraction of sp³-hybridized carbons (Fsp3) is 0.474. The summed E-state index contributed by atoms with van der Waals surface area (Å²) >= 11 is 1.57. The van der Waals surface area contributed by atoms with Gasteiger partial charge in [0, 0.05) is 31.1 Å². The molecular weight excluding hydrogens is 396 g/mol. The molecule has 1 aliphatic heterocycles. The molecule has 2 heterocycles. The lowest BCUT2D eigenvalue weighted by Crippen LogP contribution is -2.50. The molecule has 1 N–H and O–H groups in total. The van der Waals surface area contributed by atoms with Gasteiger partial charge in [0.1, 0.15) is 0 Å². The van der Waals surface area contributed by atoms with Crippen molar-refractivity contribution in [2.75, 3.05) is 38.0 Å². The lowest BCUT2D eigenvalue weighted by atomic mass is 10.2. The summed E-state index contributed by atoms with van der Waals surface area (Å²) in [5.41, 5.74) is 1.91. The molecule has 0 atom stereocenters. The fourth-order valence-electron chi connectivity index (χ4n) is 3.65. The molecule has 1 aromatic heterocycles. The van der Waals surface area contributed by atoms with E-state index >= 15 is 0 Å². The number of nitrogens with zero attached hydrogens (tertiary/aromatic N) is 3. The monoisotopic (exact) mass is 420 g/mol. The third-order valence-corrected chi connectivity index (χ3v) is 8.05. The van der Waals surface area contributed by atoms with Crippen molar-refractivity contribution in [1.29, 1.82) is 0 Å². The molecule has 0 bridgehead atoms. The number of hydrogen-bond donors (Lipinski definition) is 1. The molecule has 1 aromatic carbocycles. The predicted molar refractivity (Wildman–Crippen MR) is 110 cm³/mol. The van der Waals surface area contributed by atoms with E-state index in [1.54, 1.807) is 11.3 Å². The lowest BCUT2D eigenvalue weighted by Gasteiger charge is -2.33. The first kappa shape index (κ1) is 19.5. The minimum Gasteiger partial charge on any atom is -0.301 e. The molecule has 4 rings (SSSR count). The molecule has 0 spiro atoms. The van der Waals surface area contributed by atoms with E-state index in [0.717, 1.165) is 30.5 Å². The number of piperazine rings is 1. The van der Waals surface area contributed by atoms with Crippen LogP contribution in [-0.4, -0.2) is 61.2 Å². The zero-order valence-corrected chi connectivity index (χ0v) is 17.3.